The summed E-state index contributed by atoms with van der Waals surface area (Å²) in [4.78, 5) is 2.43. The monoisotopic (exact) mass is 231 g/mol. The van der Waals surface area contributed by atoms with Gasteiger partial charge in [0.2, 0.25) is 0 Å². The summed E-state index contributed by atoms with van der Waals surface area (Å²) in [6.07, 6.45) is 3.20. The molecule has 0 heterocycles. The predicted octanol–water partition coefficient (Wildman–Crippen LogP) is 4.00. The van der Waals surface area contributed by atoms with Crippen molar-refractivity contribution in [3.05, 3.63) is 48.0 Å². The van der Waals surface area contributed by atoms with Crippen LogP contribution in [0.2, 0.25) is 0 Å². The van der Waals surface area contributed by atoms with Crippen LogP contribution >= 0.6 is 0 Å². The summed E-state index contributed by atoms with van der Waals surface area (Å²) >= 11 is 0. The fourth-order valence-electron chi connectivity index (χ4n) is 2.00. The van der Waals surface area contributed by atoms with Crippen LogP contribution in [0.25, 0.3) is 0 Å². The van der Waals surface area contributed by atoms with Crippen molar-refractivity contribution in [2.24, 2.45) is 0 Å². The van der Waals surface area contributed by atoms with Gasteiger partial charge in [0.1, 0.15) is 0 Å². The highest BCUT2D eigenvalue weighted by Crippen LogP contribution is 2.19. The highest BCUT2D eigenvalue weighted by molar-refractivity contribution is 5.23. The molecular formula is C16H25N. The third-order valence-corrected chi connectivity index (χ3v) is 3.36. The third-order valence-electron chi connectivity index (χ3n) is 3.36. The molecular weight excluding hydrogens is 206 g/mol. The van der Waals surface area contributed by atoms with Gasteiger partial charge in [-0.05, 0) is 37.9 Å². The fourth-order valence-corrected chi connectivity index (χ4v) is 2.00. The predicted molar refractivity (Wildman–Crippen MR) is 76.5 cm³/mol. The Morgan fingerprint density at radius 3 is 2.47 bits per heavy atom. The van der Waals surface area contributed by atoms with Crippen LogP contribution in [-0.2, 0) is 0 Å². The van der Waals surface area contributed by atoms with E-state index in [9.17, 15) is 0 Å². The molecule has 0 aliphatic carbocycles. The van der Waals surface area contributed by atoms with Crippen molar-refractivity contribution in [2.75, 3.05) is 19.6 Å². The zero-order chi connectivity index (χ0) is 12.7. The molecule has 0 aromatic heterocycles. The molecule has 1 unspecified atom stereocenters. The molecule has 0 saturated carbocycles. The lowest BCUT2D eigenvalue weighted by molar-refractivity contribution is 0.306. The molecule has 1 aromatic rings. The van der Waals surface area contributed by atoms with E-state index >= 15 is 0 Å². The first-order chi connectivity index (χ1) is 8.17. The highest BCUT2D eigenvalue weighted by atomic mass is 15.1. The van der Waals surface area contributed by atoms with Crippen LogP contribution in [-0.4, -0.2) is 24.5 Å². The van der Waals surface area contributed by atoms with Gasteiger partial charge in [0.15, 0.2) is 0 Å². The van der Waals surface area contributed by atoms with E-state index in [4.69, 9.17) is 0 Å². The average Bonchev–Trinajstić information content (AvgIpc) is 2.35. The van der Waals surface area contributed by atoms with Crippen molar-refractivity contribution in [3.8, 4) is 0 Å². The van der Waals surface area contributed by atoms with E-state index in [0.717, 1.165) is 19.6 Å². The summed E-state index contributed by atoms with van der Waals surface area (Å²) in [5.74, 6) is 0.634. The van der Waals surface area contributed by atoms with Crippen LogP contribution in [0.1, 0.15) is 37.3 Å². The summed E-state index contributed by atoms with van der Waals surface area (Å²) in [5.41, 5.74) is 2.79. The number of aryl methyl sites for hydroxylation is 1. The summed E-state index contributed by atoms with van der Waals surface area (Å²) in [6.45, 7) is 13.7. The first kappa shape index (κ1) is 14.0. The van der Waals surface area contributed by atoms with Gasteiger partial charge in [-0.1, -0.05) is 49.8 Å². The zero-order valence-electron chi connectivity index (χ0n) is 11.4. The minimum atomic E-state index is 0.634. The minimum Gasteiger partial charge on any atom is -0.300 e. The van der Waals surface area contributed by atoms with Gasteiger partial charge in [-0.2, -0.15) is 0 Å². The summed E-state index contributed by atoms with van der Waals surface area (Å²) in [6, 6.07) is 8.91. The number of rotatable bonds is 7. The van der Waals surface area contributed by atoms with Gasteiger partial charge >= 0.3 is 0 Å². The molecule has 0 aliphatic rings. The van der Waals surface area contributed by atoms with Gasteiger partial charge in [-0.15, -0.1) is 6.58 Å². The van der Waals surface area contributed by atoms with Crippen molar-refractivity contribution in [2.45, 2.75) is 33.1 Å². The minimum absolute atomic E-state index is 0.634. The maximum Gasteiger partial charge on any atom is 0.0160 e. The maximum atomic E-state index is 3.80. The van der Waals surface area contributed by atoms with Crippen molar-refractivity contribution in [1.29, 1.82) is 0 Å². The second kappa shape index (κ2) is 7.29. The number of nitrogens with zero attached hydrogens (tertiary/aromatic N) is 1. The van der Waals surface area contributed by atoms with Crippen LogP contribution in [0.3, 0.4) is 0 Å². The molecule has 0 bridgehead atoms. The smallest absolute Gasteiger partial charge is 0.0160 e. The molecule has 1 atom stereocenters. The van der Waals surface area contributed by atoms with E-state index in [1.807, 2.05) is 6.08 Å². The maximum absolute atomic E-state index is 3.80. The average molecular weight is 231 g/mol. The third kappa shape index (κ3) is 4.74. The standard InChI is InChI=1S/C16H25N/c1-5-12-17(6-2)13-11-15(4)16-9-7-14(3)8-10-16/h5,7-10,15H,1,6,11-13H2,2-4H3. The van der Waals surface area contributed by atoms with Gasteiger partial charge in [-0.25, -0.2) is 0 Å². The second-order valence-corrected chi connectivity index (χ2v) is 4.78. The molecule has 0 spiro atoms. The SMILES string of the molecule is C=CCN(CC)CCC(C)c1ccc(C)cc1. The van der Waals surface area contributed by atoms with Crippen LogP contribution < -0.4 is 0 Å². The van der Waals surface area contributed by atoms with Crippen molar-refractivity contribution in [3.63, 3.8) is 0 Å². The van der Waals surface area contributed by atoms with E-state index in [0.29, 0.717) is 5.92 Å². The van der Waals surface area contributed by atoms with E-state index in [1.54, 1.807) is 0 Å². The number of hydrogen-bond acceptors (Lipinski definition) is 1. The normalized spacial score (nSPS) is 12.7. The van der Waals surface area contributed by atoms with E-state index in [2.05, 4.69) is 56.5 Å². The van der Waals surface area contributed by atoms with Crippen LogP contribution in [0, 0.1) is 6.92 Å². The van der Waals surface area contributed by atoms with Gasteiger partial charge in [0.05, 0.1) is 0 Å². The largest absolute Gasteiger partial charge is 0.300 e. The number of hydrogen-bond donors (Lipinski definition) is 0. The second-order valence-electron chi connectivity index (χ2n) is 4.78. The molecule has 17 heavy (non-hydrogen) atoms. The van der Waals surface area contributed by atoms with Gasteiger partial charge < -0.3 is 0 Å². The molecule has 0 aliphatic heterocycles. The Labute approximate surface area is 106 Å². The molecule has 0 fully saturated rings. The Morgan fingerprint density at radius 2 is 1.94 bits per heavy atom. The lowest BCUT2D eigenvalue weighted by Gasteiger charge is -2.21. The summed E-state index contributed by atoms with van der Waals surface area (Å²) < 4.78 is 0. The molecule has 1 heteroatoms. The first-order valence-corrected chi connectivity index (χ1v) is 6.57. The molecule has 1 aromatic carbocycles. The lowest BCUT2D eigenvalue weighted by atomic mass is 9.97. The van der Waals surface area contributed by atoms with Crippen LogP contribution in [0.5, 0.6) is 0 Å². The van der Waals surface area contributed by atoms with E-state index in [-0.39, 0.29) is 0 Å². The van der Waals surface area contributed by atoms with Gasteiger partial charge in [0, 0.05) is 6.54 Å². The Kier molecular flexibility index (Phi) is 5.99. The van der Waals surface area contributed by atoms with Crippen LogP contribution in [0.4, 0.5) is 0 Å². The van der Waals surface area contributed by atoms with E-state index in [1.165, 1.54) is 17.5 Å². The molecule has 0 N–H and O–H groups in total. The van der Waals surface area contributed by atoms with Crippen molar-refractivity contribution >= 4 is 0 Å². The Hall–Kier alpha value is -1.08. The molecule has 0 saturated heterocycles. The van der Waals surface area contributed by atoms with Gasteiger partial charge in [-0.3, -0.25) is 4.90 Å². The quantitative estimate of drug-likeness (QED) is 0.641. The van der Waals surface area contributed by atoms with Crippen molar-refractivity contribution < 1.29 is 0 Å². The molecule has 1 rings (SSSR count). The first-order valence-electron chi connectivity index (χ1n) is 6.57. The highest BCUT2D eigenvalue weighted by Gasteiger charge is 2.07. The molecule has 0 amide bonds. The van der Waals surface area contributed by atoms with Gasteiger partial charge in [0.25, 0.3) is 0 Å². The fraction of sp³-hybridized carbons (Fsp3) is 0.500. The molecule has 94 valence electrons. The zero-order valence-corrected chi connectivity index (χ0v) is 11.4. The van der Waals surface area contributed by atoms with Crippen molar-refractivity contribution in [1.82, 2.24) is 4.90 Å². The Balaban J connectivity index is 2.45. The van der Waals surface area contributed by atoms with Crippen LogP contribution in [0.15, 0.2) is 36.9 Å². The lowest BCUT2D eigenvalue weighted by Crippen LogP contribution is -2.25. The van der Waals surface area contributed by atoms with E-state index < -0.39 is 0 Å². The topological polar surface area (TPSA) is 3.24 Å². The Bertz CT molecular complexity index is 326. The number of benzene rings is 1. The summed E-state index contributed by atoms with van der Waals surface area (Å²) in [5, 5.41) is 0. The number of likely N-dealkylation sites (N-methyl/N-ethyl adjacent to an activating group) is 1. The molecule has 0 radical (unpaired) electrons. The Morgan fingerprint density at radius 1 is 1.29 bits per heavy atom. The summed E-state index contributed by atoms with van der Waals surface area (Å²) in [7, 11) is 0. The molecule has 1 nitrogen and oxygen atoms in total.